The van der Waals surface area contributed by atoms with Gasteiger partial charge in [0.2, 0.25) is 0 Å². The molecule has 0 aliphatic carbocycles. The van der Waals surface area contributed by atoms with Gasteiger partial charge in [-0.25, -0.2) is 13.8 Å². The van der Waals surface area contributed by atoms with Gasteiger partial charge in [-0.3, -0.25) is 0 Å². The van der Waals surface area contributed by atoms with Crippen molar-refractivity contribution in [3.63, 3.8) is 0 Å². The monoisotopic (exact) mass is 352 g/mol. The third-order valence-corrected chi connectivity index (χ3v) is 4.16. The molecule has 26 heavy (non-hydrogen) atoms. The Labute approximate surface area is 150 Å². The first kappa shape index (κ1) is 17.8. The molecule has 3 aromatic rings. The van der Waals surface area contributed by atoms with Crippen molar-refractivity contribution in [2.75, 3.05) is 6.54 Å². The van der Waals surface area contributed by atoms with Crippen LogP contribution >= 0.6 is 0 Å². The van der Waals surface area contributed by atoms with Crippen LogP contribution in [0.5, 0.6) is 0 Å². The molecule has 0 radical (unpaired) electrons. The average molecular weight is 352 g/mol. The van der Waals surface area contributed by atoms with Crippen LogP contribution in [0.1, 0.15) is 22.4 Å². The number of halogens is 2. The number of nitriles is 1. The van der Waals surface area contributed by atoms with Gasteiger partial charge in [0.1, 0.15) is 11.6 Å². The smallest absolute Gasteiger partial charge is 0.130 e. The average Bonchev–Trinajstić information content (AvgIpc) is 3.08. The fraction of sp³-hybridized carbons (Fsp3) is 0.200. The highest BCUT2D eigenvalue weighted by molar-refractivity contribution is 5.31. The van der Waals surface area contributed by atoms with Gasteiger partial charge in [-0.15, -0.1) is 0 Å². The zero-order chi connectivity index (χ0) is 18.4. The first-order valence-electron chi connectivity index (χ1n) is 8.29. The lowest BCUT2D eigenvalue weighted by Crippen LogP contribution is -2.19. The van der Waals surface area contributed by atoms with Gasteiger partial charge in [-0.2, -0.15) is 5.26 Å². The summed E-state index contributed by atoms with van der Waals surface area (Å²) in [7, 11) is 0. The third kappa shape index (κ3) is 4.32. The second-order valence-corrected chi connectivity index (χ2v) is 5.95. The Hall–Kier alpha value is -3.04. The maximum atomic E-state index is 13.6. The lowest BCUT2D eigenvalue weighted by atomic mass is 10.1. The maximum absolute atomic E-state index is 13.6. The normalized spacial score (nSPS) is 10.7. The number of rotatable bonds is 7. The van der Waals surface area contributed by atoms with Crippen molar-refractivity contribution in [3.05, 3.63) is 89.0 Å². The van der Waals surface area contributed by atoms with Gasteiger partial charge in [0.15, 0.2) is 0 Å². The lowest BCUT2D eigenvalue weighted by molar-refractivity contribution is 0.534. The summed E-state index contributed by atoms with van der Waals surface area (Å²) < 4.78 is 29.2. The Morgan fingerprint density at radius 2 is 1.81 bits per heavy atom. The van der Waals surface area contributed by atoms with E-state index in [0.717, 1.165) is 11.3 Å². The number of benzene rings is 2. The standard InChI is InChI=1S/C20H18F2N4/c21-19-2-1-3-20(22)18(19)12-24-9-8-17-11-25-14-26(17)13-16-6-4-15(10-23)5-7-16/h1-7,11,14,24H,8-9,12-13H2. The molecule has 1 N–H and O–H groups in total. The Morgan fingerprint density at radius 1 is 1.08 bits per heavy atom. The molecule has 0 unspecified atom stereocenters. The quantitative estimate of drug-likeness (QED) is 0.663. The Kier molecular flexibility index (Phi) is 5.72. The zero-order valence-electron chi connectivity index (χ0n) is 14.1. The van der Waals surface area contributed by atoms with Gasteiger partial charge in [-0.05, 0) is 29.8 Å². The van der Waals surface area contributed by atoms with Crippen molar-refractivity contribution in [1.29, 1.82) is 5.26 Å². The fourth-order valence-corrected chi connectivity index (χ4v) is 2.71. The van der Waals surface area contributed by atoms with Crippen LogP contribution in [0.3, 0.4) is 0 Å². The van der Waals surface area contributed by atoms with E-state index >= 15 is 0 Å². The van der Waals surface area contributed by atoms with Crippen molar-refractivity contribution in [2.24, 2.45) is 0 Å². The highest BCUT2D eigenvalue weighted by Crippen LogP contribution is 2.12. The van der Waals surface area contributed by atoms with Gasteiger partial charge >= 0.3 is 0 Å². The molecule has 2 aromatic carbocycles. The van der Waals surface area contributed by atoms with Crippen LogP contribution in [0, 0.1) is 23.0 Å². The van der Waals surface area contributed by atoms with Crippen molar-refractivity contribution < 1.29 is 8.78 Å². The van der Waals surface area contributed by atoms with E-state index in [1.165, 1.54) is 18.2 Å². The molecule has 0 amide bonds. The molecular weight excluding hydrogens is 334 g/mol. The van der Waals surface area contributed by atoms with E-state index in [0.29, 0.717) is 25.1 Å². The van der Waals surface area contributed by atoms with Crippen LogP contribution in [0.4, 0.5) is 8.78 Å². The van der Waals surface area contributed by atoms with E-state index in [-0.39, 0.29) is 12.1 Å². The molecule has 1 heterocycles. The molecule has 6 heteroatoms. The SMILES string of the molecule is N#Cc1ccc(Cn2cncc2CCNCc2c(F)cccc2F)cc1. The molecular formula is C20H18F2N4. The molecule has 3 rings (SSSR count). The summed E-state index contributed by atoms with van der Waals surface area (Å²) in [6.45, 7) is 1.37. The minimum Gasteiger partial charge on any atom is -0.330 e. The van der Waals surface area contributed by atoms with Crippen LogP contribution < -0.4 is 5.32 Å². The summed E-state index contributed by atoms with van der Waals surface area (Å²) in [6, 6.07) is 13.4. The van der Waals surface area contributed by atoms with Crippen molar-refractivity contribution >= 4 is 0 Å². The molecule has 0 fully saturated rings. The number of nitrogens with zero attached hydrogens (tertiary/aromatic N) is 3. The molecule has 0 bridgehead atoms. The van der Waals surface area contributed by atoms with E-state index in [1.807, 2.05) is 16.7 Å². The van der Waals surface area contributed by atoms with Crippen molar-refractivity contribution in [1.82, 2.24) is 14.9 Å². The van der Waals surface area contributed by atoms with Crippen LogP contribution in [0.25, 0.3) is 0 Å². The summed E-state index contributed by atoms with van der Waals surface area (Å²) in [4.78, 5) is 4.18. The number of nitrogens with one attached hydrogen (secondary N) is 1. The van der Waals surface area contributed by atoms with E-state index < -0.39 is 11.6 Å². The predicted molar refractivity (Wildman–Crippen MR) is 94.3 cm³/mol. The van der Waals surface area contributed by atoms with Gasteiger partial charge in [0.05, 0.1) is 18.0 Å². The molecule has 4 nitrogen and oxygen atoms in total. The summed E-state index contributed by atoms with van der Waals surface area (Å²) in [6.07, 6.45) is 4.23. The summed E-state index contributed by atoms with van der Waals surface area (Å²) in [5.74, 6) is -1.08. The maximum Gasteiger partial charge on any atom is 0.130 e. The Balaban J connectivity index is 1.55. The number of hydrogen-bond acceptors (Lipinski definition) is 3. The van der Waals surface area contributed by atoms with Crippen molar-refractivity contribution in [3.8, 4) is 6.07 Å². The minimum absolute atomic E-state index is 0.0543. The van der Waals surface area contributed by atoms with Crippen molar-refractivity contribution in [2.45, 2.75) is 19.5 Å². The molecule has 0 aliphatic rings. The second-order valence-electron chi connectivity index (χ2n) is 5.95. The molecule has 0 spiro atoms. The highest BCUT2D eigenvalue weighted by Gasteiger charge is 2.08. The molecule has 1 aromatic heterocycles. The molecule has 0 aliphatic heterocycles. The van der Waals surface area contributed by atoms with Crippen LogP contribution in [0.15, 0.2) is 55.0 Å². The van der Waals surface area contributed by atoms with E-state index in [9.17, 15) is 8.78 Å². The van der Waals surface area contributed by atoms with Crippen LogP contribution in [-0.4, -0.2) is 16.1 Å². The summed E-state index contributed by atoms with van der Waals surface area (Å²) in [5, 5.41) is 11.9. The molecule has 0 atom stereocenters. The number of aromatic nitrogens is 2. The minimum atomic E-state index is -0.539. The van der Waals surface area contributed by atoms with Gasteiger partial charge in [-0.1, -0.05) is 18.2 Å². The third-order valence-electron chi connectivity index (χ3n) is 4.16. The lowest BCUT2D eigenvalue weighted by Gasteiger charge is -2.10. The van der Waals surface area contributed by atoms with Crippen LogP contribution in [-0.2, 0) is 19.5 Å². The van der Waals surface area contributed by atoms with E-state index in [2.05, 4.69) is 16.4 Å². The summed E-state index contributed by atoms with van der Waals surface area (Å²) in [5.41, 5.74) is 2.78. The fourth-order valence-electron chi connectivity index (χ4n) is 2.71. The van der Waals surface area contributed by atoms with Gasteiger partial charge in [0, 0.05) is 43.5 Å². The molecule has 132 valence electrons. The Bertz CT molecular complexity index is 890. The van der Waals surface area contributed by atoms with Gasteiger partial charge < -0.3 is 9.88 Å². The second kappa shape index (κ2) is 8.37. The Morgan fingerprint density at radius 3 is 2.50 bits per heavy atom. The van der Waals surface area contributed by atoms with Gasteiger partial charge in [0.25, 0.3) is 0 Å². The van der Waals surface area contributed by atoms with E-state index in [4.69, 9.17) is 5.26 Å². The number of hydrogen-bond donors (Lipinski definition) is 1. The first-order chi connectivity index (χ1) is 12.7. The number of imidazole rings is 1. The highest BCUT2D eigenvalue weighted by atomic mass is 19.1. The zero-order valence-corrected chi connectivity index (χ0v) is 14.1. The van der Waals surface area contributed by atoms with E-state index in [1.54, 1.807) is 24.7 Å². The topological polar surface area (TPSA) is 53.6 Å². The predicted octanol–water partition coefficient (Wildman–Crippen LogP) is 3.41. The molecule has 0 saturated heterocycles. The largest absolute Gasteiger partial charge is 0.330 e. The first-order valence-corrected chi connectivity index (χ1v) is 8.29. The molecule has 0 saturated carbocycles. The van der Waals surface area contributed by atoms with Crippen LogP contribution in [0.2, 0.25) is 0 Å². The summed E-state index contributed by atoms with van der Waals surface area (Å²) >= 11 is 0.